The number of methoxy groups -OCH3 is 2. The van der Waals surface area contributed by atoms with Crippen LogP contribution >= 0.6 is 57.7 Å². The van der Waals surface area contributed by atoms with Crippen LogP contribution in [0.25, 0.3) is 22.3 Å². The minimum atomic E-state index is -4.02. The number of unbranched alkanes of at least 4 members (excludes halogenated alkanes) is 1. The molecule has 0 atom stereocenters. The number of piperazine rings is 2. The van der Waals surface area contributed by atoms with E-state index in [1.165, 1.54) is 104 Å². The first-order valence-corrected chi connectivity index (χ1v) is 47.7. The lowest BCUT2D eigenvalue weighted by atomic mass is 9.99. The fourth-order valence-corrected chi connectivity index (χ4v) is 17.8. The van der Waals surface area contributed by atoms with Crippen LogP contribution in [0.1, 0.15) is 76.0 Å². The molecule has 7 aromatic carbocycles. The van der Waals surface area contributed by atoms with Crippen LogP contribution in [-0.4, -0.2) is 210 Å². The third-order valence-corrected chi connectivity index (χ3v) is 26.3. The van der Waals surface area contributed by atoms with Gasteiger partial charge in [0.25, 0.3) is 10.1 Å². The maximum atomic E-state index is 14.6. The van der Waals surface area contributed by atoms with Gasteiger partial charge in [0, 0.05) is 167 Å². The number of hydrogen-bond donors (Lipinski definition) is 6. The number of benzene rings is 7. The number of ether oxygens (including phenoxy) is 2. The average Bonchev–Trinajstić information content (AvgIpc) is 0.800. The van der Waals surface area contributed by atoms with E-state index in [1.807, 2.05) is 6.92 Å². The summed E-state index contributed by atoms with van der Waals surface area (Å²) in [5, 5.41) is 18.9. The highest BCUT2D eigenvalue weighted by Crippen LogP contribution is 2.44. The molecule has 0 spiro atoms. The van der Waals surface area contributed by atoms with Gasteiger partial charge in [-0.05, 0) is 231 Å². The summed E-state index contributed by atoms with van der Waals surface area (Å²) in [4.78, 5) is 32.4. The smallest absolute Gasteiger partial charge is 0.294 e. The van der Waals surface area contributed by atoms with E-state index in [-0.39, 0.29) is 21.3 Å². The number of nitrogens with one attached hydrogen (secondary N) is 3. The van der Waals surface area contributed by atoms with Gasteiger partial charge in [-0.3, -0.25) is 14.4 Å². The number of anilines is 9. The Bertz CT molecular complexity index is 5050. The van der Waals surface area contributed by atoms with Gasteiger partial charge in [0.2, 0.25) is 11.2 Å². The highest BCUT2D eigenvalue weighted by atomic mass is 79.9. The Balaban J connectivity index is 0.000000195. The summed E-state index contributed by atoms with van der Waals surface area (Å²) >= 11 is 12.7. The van der Waals surface area contributed by atoms with Crippen molar-refractivity contribution in [1.29, 1.82) is 0 Å². The molecule has 4 saturated heterocycles. The fraction of sp³-hybridized carbons (Fsp3) is 0.412. The summed E-state index contributed by atoms with van der Waals surface area (Å²) in [6.45, 7) is 28.8. The molecule has 13 rings (SSSR count). The minimum Gasteiger partial charge on any atom is -0.495 e. The average molecular weight is 1820 g/mol. The number of rotatable bonds is 21. The molecule has 0 aliphatic carbocycles. The summed E-state index contributed by atoms with van der Waals surface area (Å²) < 4.78 is 124. The third kappa shape index (κ3) is 26.1. The predicted molar refractivity (Wildman–Crippen MR) is 477 cm³/mol. The zero-order chi connectivity index (χ0) is 85.1. The summed E-state index contributed by atoms with van der Waals surface area (Å²) in [6, 6.07) is 32.7. The number of aromatic nitrogens is 4. The highest BCUT2D eigenvalue weighted by Gasteiger charge is 2.31. The second kappa shape index (κ2) is 43.0. The topological polar surface area (TPSA) is 260 Å². The molecule has 117 heavy (non-hydrogen) atoms. The number of nitrogens with two attached hydrogens (primary N) is 1. The summed E-state index contributed by atoms with van der Waals surface area (Å²) in [7, 11) is -1.83. The number of hydrogen-bond acceptors (Lipinski definition) is 21. The first-order chi connectivity index (χ1) is 55.6. The molecule has 7 N–H and O–H groups in total. The van der Waals surface area contributed by atoms with Crippen LogP contribution in [0.3, 0.4) is 0 Å². The van der Waals surface area contributed by atoms with Gasteiger partial charge in [-0.15, -0.1) is 0 Å². The van der Waals surface area contributed by atoms with Gasteiger partial charge in [0.05, 0.1) is 50.8 Å². The van der Waals surface area contributed by atoms with Crippen molar-refractivity contribution >= 4 is 130 Å². The minimum absolute atomic E-state index is 0.0587. The quantitative estimate of drug-likeness (QED) is 0.0128. The van der Waals surface area contributed by atoms with Gasteiger partial charge in [-0.2, -0.15) is 18.4 Å². The second-order valence-electron chi connectivity index (χ2n) is 30.1. The number of halogens is 7. The van der Waals surface area contributed by atoms with Crippen LogP contribution in [0.2, 0.25) is 5.28 Å². The van der Waals surface area contributed by atoms with E-state index in [2.05, 4.69) is 151 Å². The lowest BCUT2D eigenvalue weighted by Crippen LogP contribution is -2.52. The fourth-order valence-electron chi connectivity index (χ4n) is 14.3. The predicted octanol–water partition coefficient (Wildman–Crippen LogP) is 17.6. The van der Waals surface area contributed by atoms with Gasteiger partial charge in [-0.1, -0.05) is 57.0 Å². The number of nitrogens with zero attached hydrogens (tertiary/aromatic N) is 10. The van der Waals surface area contributed by atoms with Gasteiger partial charge in [0.1, 0.15) is 60.7 Å². The molecule has 4 fully saturated rings. The van der Waals surface area contributed by atoms with Crippen molar-refractivity contribution in [1.82, 2.24) is 39.5 Å². The molecule has 632 valence electrons. The molecule has 32 heteroatoms. The van der Waals surface area contributed by atoms with Crippen LogP contribution < -0.4 is 51.6 Å². The zero-order valence-electron chi connectivity index (χ0n) is 68.5. The normalized spacial score (nSPS) is 15.5. The van der Waals surface area contributed by atoms with E-state index in [1.54, 1.807) is 95.6 Å². The lowest BCUT2D eigenvalue weighted by Gasteiger charge is -2.43. The second-order valence-corrected chi connectivity index (χ2v) is 39.9. The van der Waals surface area contributed by atoms with Crippen molar-refractivity contribution in [2.45, 2.75) is 96.0 Å². The van der Waals surface area contributed by atoms with Crippen LogP contribution in [0, 0.1) is 30.2 Å². The molecule has 4 aliphatic heterocycles. The van der Waals surface area contributed by atoms with Crippen molar-refractivity contribution in [3.63, 3.8) is 0 Å². The summed E-state index contributed by atoms with van der Waals surface area (Å²) in [5.41, 5.74) is 16.1. The molecule has 0 amide bonds. The Morgan fingerprint density at radius 1 is 0.564 bits per heavy atom. The van der Waals surface area contributed by atoms with E-state index < -0.39 is 47.7 Å². The molecular weight excluding hydrogens is 1710 g/mol. The van der Waals surface area contributed by atoms with E-state index >= 15 is 0 Å². The molecule has 2 aromatic heterocycles. The Morgan fingerprint density at radius 3 is 1.40 bits per heavy atom. The molecule has 0 bridgehead atoms. The van der Waals surface area contributed by atoms with E-state index in [4.69, 9.17) is 41.5 Å². The van der Waals surface area contributed by atoms with E-state index in [9.17, 15) is 35.1 Å². The Labute approximate surface area is 708 Å². The van der Waals surface area contributed by atoms with Crippen molar-refractivity contribution < 1.29 is 54.2 Å². The molecule has 0 radical (unpaired) electrons. The Morgan fingerprint density at radius 2 is 1.00 bits per heavy atom. The van der Waals surface area contributed by atoms with Crippen LogP contribution in [0.15, 0.2) is 148 Å². The first kappa shape index (κ1) is 93.1. The maximum Gasteiger partial charge on any atom is 0.294 e. The first-order valence-electron chi connectivity index (χ1n) is 39.1. The molecule has 0 saturated carbocycles. The molecule has 4 aliphatic rings. The van der Waals surface area contributed by atoms with Gasteiger partial charge in [-0.25, -0.2) is 27.5 Å². The van der Waals surface area contributed by atoms with Crippen molar-refractivity contribution in [2.24, 2.45) is 0 Å². The molecule has 9 aromatic rings. The molecule has 6 heterocycles. The van der Waals surface area contributed by atoms with Gasteiger partial charge in [0.15, 0.2) is 0 Å². The van der Waals surface area contributed by atoms with Gasteiger partial charge >= 0.3 is 0 Å². The number of aliphatic hydroxyl groups excluding tert-OH is 1. The number of aliphatic hydroxyl groups is 1. The molecule has 0 unspecified atom stereocenters. The standard InChI is InChI=1S/C37H45BrF2N7O2P.C19H32N4O.C18H14BrClF2N3OP.C7H8O3S.C4H10O/c1-6-24-19-32(34(49-3)22-33(24)47-13-11-27(12-14-47)46-17-15-45(2)16-18-46)43-37-41-23-29(38)36(44-37)42-31-10-7-25(20-35(31)50(4,5)48)28-9-8-26(39)21-30(28)40;1-4-15-13-17(20)19(24-3)14-18(15)23-7-5-16(6-8-23)22-11-9-21(2)10-12-22;1-27(2,26)16-7-10(12-5-4-11(21)8-14(12)22)3-6-15(16)24-17-13(19)9-23-18(20)25-17;1-6-2-4-7(5-3-6)11(8,9)10;1-2-3-4-5/h7-10,19-23,27H,6,11-18H2,1-5H3,(H2,41,42,43,44);13-14,16H,4-12,20H2,1-3H3;3-9H,1-2H3,(H,23,24,25);2-5H,1H3,(H,8,9,10);5H,2-4H2,1H3. The number of piperidine rings is 2. The summed E-state index contributed by atoms with van der Waals surface area (Å²) in [5.74, 6) is 0.0131. The largest absolute Gasteiger partial charge is 0.495 e. The van der Waals surface area contributed by atoms with E-state index in [0.717, 1.165) is 132 Å². The monoisotopic (exact) mass is 1820 g/mol. The van der Waals surface area contributed by atoms with Crippen LogP contribution in [-0.2, 0) is 32.1 Å². The third-order valence-electron chi connectivity index (χ3n) is 21.0. The number of aryl methyl sites for hydroxylation is 3. The number of nitrogen functional groups attached to an aromatic ring is 1. The van der Waals surface area contributed by atoms with E-state index in [0.29, 0.717) is 78.0 Å². The zero-order valence-corrected chi connectivity index (χ0v) is 75.1. The van der Waals surface area contributed by atoms with Crippen LogP contribution in [0.5, 0.6) is 11.5 Å². The number of likely N-dealkylation sites (N-methyl/N-ethyl adjacent to an activating group) is 2. The van der Waals surface area contributed by atoms with Crippen molar-refractivity contribution in [2.75, 3.05) is 172 Å². The SMILES string of the molecule is CCCCO.CCc1cc(N)c(OC)cc1N1CCC(N2CCN(C)CC2)CC1.CCc1cc(Nc2ncc(Br)c(Nc3ccc(-c4ccc(F)cc4F)cc3P(C)(C)=O)n2)c(OC)cc1N1CCC(N2CCN(C)CC2)CC1.CP(C)(=O)c1cc(-c2ccc(F)cc2F)ccc1Nc1nc(Cl)ncc1Br.Cc1ccc(S(=O)(=O)O)cc1. The highest BCUT2D eigenvalue weighted by molar-refractivity contribution is 9.11. The molecular formula is C85H109Br2ClF4N14O8P2S. The van der Waals surface area contributed by atoms with Crippen molar-refractivity contribution in [3.05, 3.63) is 188 Å². The molecule has 22 nitrogen and oxygen atoms in total. The van der Waals surface area contributed by atoms with Crippen molar-refractivity contribution in [3.8, 4) is 33.8 Å². The summed E-state index contributed by atoms with van der Waals surface area (Å²) in [6.07, 6.45) is 11.8. The Kier molecular flexibility index (Phi) is 34.2. The maximum absolute atomic E-state index is 14.6. The van der Waals surface area contributed by atoms with Crippen LogP contribution in [0.4, 0.5) is 69.3 Å². The Hall–Kier alpha value is -7.76. The lowest BCUT2D eigenvalue weighted by molar-refractivity contribution is 0.0982. The van der Waals surface area contributed by atoms with Gasteiger partial charge < -0.3 is 65.0 Å².